The molecule has 0 saturated heterocycles. The summed E-state index contributed by atoms with van der Waals surface area (Å²) in [6, 6.07) is 4.08. The Morgan fingerprint density at radius 2 is 1.81 bits per heavy atom. The Kier molecular flexibility index (Phi) is 5.14. The van der Waals surface area contributed by atoms with Crippen molar-refractivity contribution in [1.82, 2.24) is 15.0 Å². The number of hydrogen-bond donors (Lipinski definition) is 1. The minimum absolute atomic E-state index is 0.0666. The first kappa shape index (κ1) is 15.7. The van der Waals surface area contributed by atoms with E-state index in [0.29, 0.717) is 11.6 Å². The normalized spacial score (nSPS) is 10.5. The fourth-order valence-corrected chi connectivity index (χ4v) is 2.18. The maximum Gasteiger partial charge on any atom is 0.233 e. The summed E-state index contributed by atoms with van der Waals surface area (Å²) in [5.41, 5.74) is 0.438. The van der Waals surface area contributed by atoms with Crippen molar-refractivity contribution in [2.45, 2.75) is 13.8 Å². The van der Waals surface area contributed by atoms with Crippen LogP contribution in [0.5, 0.6) is 0 Å². The summed E-state index contributed by atoms with van der Waals surface area (Å²) in [7, 11) is 0. The molecule has 1 heterocycles. The Bertz CT molecular complexity index is 614. The van der Waals surface area contributed by atoms with E-state index < -0.39 is 5.82 Å². The fraction of sp³-hybridized carbons (Fsp3) is 0.308. The van der Waals surface area contributed by atoms with Crippen LogP contribution in [0.2, 0.25) is 10.3 Å². The van der Waals surface area contributed by atoms with E-state index in [2.05, 4.69) is 20.3 Å². The van der Waals surface area contributed by atoms with Gasteiger partial charge in [-0.05, 0) is 43.6 Å². The molecule has 21 heavy (non-hydrogen) atoms. The molecule has 0 unspecified atom stereocenters. The van der Waals surface area contributed by atoms with Gasteiger partial charge in [-0.25, -0.2) is 4.39 Å². The minimum atomic E-state index is -0.450. The van der Waals surface area contributed by atoms with Crippen molar-refractivity contribution in [2.24, 2.45) is 0 Å². The van der Waals surface area contributed by atoms with Crippen LogP contribution in [0.3, 0.4) is 0 Å². The lowest BCUT2D eigenvalue weighted by atomic mass is 10.3. The molecule has 0 bridgehead atoms. The highest BCUT2D eigenvalue weighted by molar-refractivity contribution is 6.30. The maximum atomic E-state index is 13.3. The molecule has 2 rings (SSSR count). The lowest BCUT2D eigenvalue weighted by Crippen LogP contribution is -2.24. The smallest absolute Gasteiger partial charge is 0.233 e. The van der Waals surface area contributed by atoms with Gasteiger partial charge in [0, 0.05) is 23.8 Å². The lowest BCUT2D eigenvalue weighted by Gasteiger charge is -2.18. The van der Waals surface area contributed by atoms with E-state index in [-0.39, 0.29) is 16.3 Å². The quantitative estimate of drug-likeness (QED) is 0.901. The molecule has 0 spiro atoms. The van der Waals surface area contributed by atoms with Crippen LogP contribution in [0, 0.1) is 5.82 Å². The second-order valence-electron chi connectivity index (χ2n) is 4.18. The van der Waals surface area contributed by atoms with E-state index in [4.69, 9.17) is 23.2 Å². The molecule has 1 aromatic carbocycles. The second-order valence-corrected chi connectivity index (χ2v) is 4.96. The van der Waals surface area contributed by atoms with Crippen molar-refractivity contribution in [3.63, 3.8) is 0 Å². The molecular formula is C13H14Cl2FN5. The summed E-state index contributed by atoms with van der Waals surface area (Å²) in [6.45, 7) is 5.45. The molecule has 0 amide bonds. The molecule has 8 heteroatoms. The van der Waals surface area contributed by atoms with Crippen LogP contribution in [0.15, 0.2) is 18.2 Å². The maximum absolute atomic E-state index is 13.3. The van der Waals surface area contributed by atoms with Gasteiger partial charge in [0.15, 0.2) is 0 Å². The summed E-state index contributed by atoms with van der Waals surface area (Å²) < 4.78 is 13.3. The van der Waals surface area contributed by atoms with Gasteiger partial charge in [-0.2, -0.15) is 15.0 Å². The van der Waals surface area contributed by atoms with Gasteiger partial charge in [0.2, 0.25) is 17.2 Å². The van der Waals surface area contributed by atoms with E-state index in [1.807, 2.05) is 18.7 Å². The molecule has 0 saturated carbocycles. The Balaban J connectivity index is 2.31. The van der Waals surface area contributed by atoms with E-state index in [1.165, 1.54) is 12.1 Å². The predicted molar refractivity (Wildman–Crippen MR) is 83.1 cm³/mol. The monoisotopic (exact) mass is 329 g/mol. The molecule has 1 aromatic heterocycles. The average molecular weight is 330 g/mol. The third kappa shape index (κ3) is 4.15. The van der Waals surface area contributed by atoms with Crippen LogP contribution in [0.25, 0.3) is 0 Å². The fourth-order valence-electron chi connectivity index (χ4n) is 1.80. The third-order valence-electron chi connectivity index (χ3n) is 2.76. The van der Waals surface area contributed by atoms with Crippen molar-refractivity contribution in [1.29, 1.82) is 0 Å². The number of nitrogens with zero attached hydrogens (tertiary/aromatic N) is 4. The van der Waals surface area contributed by atoms with Crippen molar-refractivity contribution >= 4 is 40.8 Å². The number of rotatable bonds is 5. The van der Waals surface area contributed by atoms with Crippen molar-refractivity contribution in [2.75, 3.05) is 23.3 Å². The summed E-state index contributed by atoms with van der Waals surface area (Å²) in [4.78, 5) is 14.3. The highest BCUT2D eigenvalue weighted by atomic mass is 35.5. The summed E-state index contributed by atoms with van der Waals surface area (Å²) in [5, 5.41) is 3.22. The predicted octanol–water partition coefficient (Wildman–Crippen LogP) is 3.91. The lowest BCUT2D eigenvalue weighted by molar-refractivity contribution is 0.628. The van der Waals surface area contributed by atoms with Crippen LogP contribution in [-0.4, -0.2) is 28.0 Å². The Labute approximate surface area is 132 Å². The Morgan fingerprint density at radius 3 is 2.43 bits per heavy atom. The minimum Gasteiger partial charge on any atom is -0.341 e. The highest BCUT2D eigenvalue weighted by Crippen LogP contribution is 2.22. The second kappa shape index (κ2) is 6.87. The number of aromatic nitrogens is 3. The molecule has 0 aliphatic heterocycles. The van der Waals surface area contributed by atoms with Crippen molar-refractivity contribution < 1.29 is 4.39 Å². The highest BCUT2D eigenvalue weighted by Gasteiger charge is 2.10. The molecule has 0 radical (unpaired) electrons. The van der Waals surface area contributed by atoms with Gasteiger partial charge in [-0.1, -0.05) is 11.6 Å². The van der Waals surface area contributed by atoms with Gasteiger partial charge in [0.25, 0.3) is 0 Å². The zero-order chi connectivity index (χ0) is 15.4. The number of nitrogens with one attached hydrogen (secondary N) is 1. The number of benzene rings is 1. The van der Waals surface area contributed by atoms with Crippen LogP contribution >= 0.6 is 23.2 Å². The summed E-state index contributed by atoms with van der Waals surface area (Å²) >= 11 is 11.7. The Morgan fingerprint density at radius 1 is 1.10 bits per heavy atom. The molecule has 112 valence electrons. The van der Waals surface area contributed by atoms with Crippen LogP contribution in [-0.2, 0) is 0 Å². The van der Waals surface area contributed by atoms with Gasteiger partial charge in [-0.15, -0.1) is 0 Å². The first-order valence-electron chi connectivity index (χ1n) is 6.41. The zero-order valence-electron chi connectivity index (χ0n) is 11.6. The van der Waals surface area contributed by atoms with E-state index in [0.717, 1.165) is 13.1 Å². The van der Waals surface area contributed by atoms with Crippen LogP contribution < -0.4 is 10.2 Å². The standard InChI is InChI=1S/C13H14Cl2FN5/c1-3-21(4-2)13-19-11(15)18-12(20-13)17-10-6-8(14)5-9(16)7-10/h5-7H,3-4H2,1-2H3,(H,17,18,19,20). The summed E-state index contributed by atoms with van der Waals surface area (Å²) in [6.07, 6.45) is 0. The molecule has 0 aliphatic rings. The van der Waals surface area contributed by atoms with Crippen LogP contribution in [0.1, 0.15) is 13.8 Å². The molecule has 2 aromatic rings. The Hall–Kier alpha value is -1.66. The molecule has 0 atom stereocenters. The number of hydrogen-bond acceptors (Lipinski definition) is 5. The van der Waals surface area contributed by atoms with Crippen molar-refractivity contribution in [3.05, 3.63) is 34.3 Å². The van der Waals surface area contributed by atoms with E-state index in [9.17, 15) is 4.39 Å². The van der Waals surface area contributed by atoms with E-state index in [1.54, 1.807) is 6.07 Å². The van der Waals surface area contributed by atoms with Gasteiger partial charge >= 0.3 is 0 Å². The van der Waals surface area contributed by atoms with E-state index >= 15 is 0 Å². The number of anilines is 3. The first-order chi connectivity index (χ1) is 10.0. The van der Waals surface area contributed by atoms with Gasteiger partial charge in [-0.3, -0.25) is 0 Å². The SMILES string of the molecule is CCN(CC)c1nc(Cl)nc(Nc2cc(F)cc(Cl)c2)n1. The topological polar surface area (TPSA) is 53.9 Å². The average Bonchev–Trinajstić information content (AvgIpc) is 2.38. The van der Waals surface area contributed by atoms with Gasteiger partial charge < -0.3 is 10.2 Å². The molecular weight excluding hydrogens is 316 g/mol. The summed E-state index contributed by atoms with van der Waals surface area (Å²) in [5.74, 6) is 0.248. The van der Waals surface area contributed by atoms with Crippen molar-refractivity contribution in [3.8, 4) is 0 Å². The van der Waals surface area contributed by atoms with Gasteiger partial charge in [0.05, 0.1) is 0 Å². The first-order valence-corrected chi connectivity index (χ1v) is 7.17. The largest absolute Gasteiger partial charge is 0.341 e. The molecule has 0 fully saturated rings. The zero-order valence-corrected chi connectivity index (χ0v) is 13.1. The molecule has 5 nitrogen and oxygen atoms in total. The van der Waals surface area contributed by atoms with Gasteiger partial charge in [0.1, 0.15) is 5.82 Å². The number of halogens is 3. The molecule has 1 N–H and O–H groups in total. The third-order valence-corrected chi connectivity index (χ3v) is 3.15. The molecule has 0 aliphatic carbocycles. The van der Waals surface area contributed by atoms with Crippen LogP contribution in [0.4, 0.5) is 22.0 Å².